The maximum atomic E-state index is 11.7. The number of thiazole rings is 1. The van der Waals surface area contributed by atoms with Gasteiger partial charge in [-0.1, -0.05) is 12.8 Å². The molecule has 0 bridgehead atoms. The van der Waals surface area contributed by atoms with E-state index in [1.165, 1.54) is 12.8 Å². The molecule has 1 fully saturated rings. The second kappa shape index (κ2) is 4.69. The van der Waals surface area contributed by atoms with Gasteiger partial charge in [-0.3, -0.25) is 4.79 Å². The Morgan fingerprint density at radius 1 is 1.50 bits per heavy atom. The van der Waals surface area contributed by atoms with Crippen molar-refractivity contribution in [1.82, 2.24) is 4.98 Å². The molecule has 1 heterocycles. The number of carbonyl (C=O) groups excluding carboxylic acids is 1. The summed E-state index contributed by atoms with van der Waals surface area (Å²) in [5.74, 6) is 0.827. The van der Waals surface area contributed by atoms with E-state index in [9.17, 15) is 4.79 Å². The van der Waals surface area contributed by atoms with Crippen molar-refractivity contribution in [3.63, 3.8) is 0 Å². The zero-order valence-corrected chi connectivity index (χ0v) is 9.05. The molecule has 1 aliphatic carbocycles. The molecule has 0 aromatic carbocycles. The van der Waals surface area contributed by atoms with Crippen LogP contribution in [0.4, 0.5) is 0 Å². The molecule has 0 aliphatic heterocycles. The van der Waals surface area contributed by atoms with Crippen molar-refractivity contribution in [2.75, 3.05) is 0 Å². The van der Waals surface area contributed by atoms with Crippen molar-refractivity contribution >= 4 is 17.1 Å². The summed E-state index contributed by atoms with van der Waals surface area (Å²) < 4.78 is 0. The quantitative estimate of drug-likeness (QED) is 0.763. The van der Waals surface area contributed by atoms with E-state index in [0.717, 1.165) is 24.3 Å². The highest BCUT2D eigenvalue weighted by molar-refractivity contribution is 7.09. The summed E-state index contributed by atoms with van der Waals surface area (Å²) in [6.45, 7) is 0. The smallest absolute Gasteiger partial charge is 0.136 e. The van der Waals surface area contributed by atoms with Crippen LogP contribution >= 0.6 is 11.3 Å². The van der Waals surface area contributed by atoms with Crippen molar-refractivity contribution in [3.8, 4) is 0 Å². The van der Waals surface area contributed by atoms with Gasteiger partial charge in [0.25, 0.3) is 0 Å². The van der Waals surface area contributed by atoms with E-state index in [1.807, 2.05) is 5.38 Å². The summed E-state index contributed by atoms with van der Waals surface area (Å²) in [6, 6.07) is 0. The minimum atomic E-state index is 0.370. The van der Waals surface area contributed by atoms with E-state index >= 15 is 0 Å². The Bertz CT molecular complexity index is 288. The molecule has 0 saturated heterocycles. The lowest BCUT2D eigenvalue weighted by atomic mass is 9.99. The predicted octanol–water partition coefficient (Wildman–Crippen LogP) is 2.84. The third-order valence-corrected chi connectivity index (χ3v) is 3.72. The molecule has 0 unspecified atom stereocenters. The van der Waals surface area contributed by atoms with E-state index in [-0.39, 0.29) is 0 Å². The van der Waals surface area contributed by atoms with Crippen LogP contribution in [0.25, 0.3) is 0 Å². The van der Waals surface area contributed by atoms with Gasteiger partial charge in [0.15, 0.2) is 0 Å². The molecule has 3 heteroatoms. The van der Waals surface area contributed by atoms with E-state index < -0.39 is 0 Å². The average molecular weight is 209 g/mol. The monoisotopic (exact) mass is 209 g/mol. The number of rotatable bonds is 4. The van der Waals surface area contributed by atoms with Crippen LogP contribution in [0.2, 0.25) is 0 Å². The Kier molecular flexibility index (Phi) is 3.30. The minimum absolute atomic E-state index is 0.370. The molecule has 0 radical (unpaired) electrons. The summed E-state index contributed by atoms with van der Waals surface area (Å²) in [5.41, 5.74) is 0. The highest BCUT2D eigenvalue weighted by Crippen LogP contribution is 2.26. The molecule has 14 heavy (non-hydrogen) atoms. The van der Waals surface area contributed by atoms with Gasteiger partial charge in [0.1, 0.15) is 5.78 Å². The van der Waals surface area contributed by atoms with Crippen molar-refractivity contribution in [2.45, 2.75) is 38.5 Å². The molecular formula is C11H15NOS. The highest BCUT2D eigenvalue weighted by Gasteiger charge is 2.22. The van der Waals surface area contributed by atoms with Crippen LogP contribution in [-0.4, -0.2) is 10.8 Å². The second-order valence-electron chi connectivity index (χ2n) is 3.87. The molecule has 0 atom stereocenters. The number of ketones is 1. The fourth-order valence-electron chi connectivity index (χ4n) is 2.06. The largest absolute Gasteiger partial charge is 0.299 e. The Morgan fingerprint density at radius 3 is 2.93 bits per heavy atom. The molecule has 0 amide bonds. The van der Waals surface area contributed by atoms with Gasteiger partial charge < -0.3 is 0 Å². The molecule has 1 saturated carbocycles. The van der Waals surface area contributed by atoms with Crippen molar-refractivity contribution in [1.29, 1.82) is 0 Å². The summed E-state index contributed by atoms with van der Waals surface area (Å²) in [7, 11) is 0. The summed E-state index contributed by atoms with van der Waals surface area (Å²) in [5, 5.41) is 3.06. The fourth-order valence-corrected chi connectivity index (χ4v) is 2.68. The van der Waals surface area contributed by atoms with Crippen LogP contribution in [0.5, 0.6) is 0 Å². The Hall–Kier alpha value is -0.700. The van der Waals surface area contributed by atoms with E-state index in [2.05, 4.69) is 4.98 Å². The van der Waals surface area contributed by atoms with Crippen LogP contribution in [-0.2, 0) is 11.2 Å². The zero-order chi connectivity index (χ0) is 9.80. The number of carbonyl (C=O) groups is 1. The van der Waals surface area contributed by atoms with Gasteiger partial charge in [-0.15, -0.1) is 11.3 Å². The fraction of sp³-hybridized carbons (Fsp3) is 0.636. The second-order valence-corrected chi connectivity index (χ2v) is 4.85. The van der Waals surface area contributed by atoms with Gasteiger partial charge in [-0.2, -0.15) is 0 Å². The molecule has 76 valence electrons. The van der Waals surface area contributed by atoms with Gasteiger partial charge in [0, 0.05) is 30.3 Å². The number of Topliss-reactive ketones (excluding diaryl/α,β-unsaturated/α-hetero) is 1. The molecule has 2 nitrogen and oxygen atoms in total. The lowest BCUT2D eigenvalue weighted by molar-refractivity contribution is -0.122. The lowest BCUT2D eigenvalue weighted by Crippen LogP contribution is -2.11. The highest BCUT2D eigenvalue weighted by atomic mass is 32.1. The molecule has 1 aromatic rings. The first-order valence-corrected chi connectivity index (χ1v) is 6.15. The summed E-state index contributed by atoms with van der Waals surface area (Å²) in [4.78, 5) is 15.9. The van der Waals surface area contributed by atoms with Crippen molar-refractivity contribution in [3.05, 3.63) is 16.6 Å². The first-order chi connectivity index (χ1) is 6.86. The minimum Gasteiger partial charge on any atom is -0.299 e. The number of hydrogen-bond acceptors (Lipinski definition) is 3. The third-order valence-electron chi connectivity index (χ3n) is 2.88. The average Bonchev–Trinajstić information content (AvgIpc) is 2.87. The Labute approximate surface area is 88.4 Å². The van der Waals surface area contributed by atoms with E-state index in [0.29, 0.717) is 18.1 Å². The van der Waals surface area contributed by atoms with E-state index in [1.54, 1.807) is 17.5 Å². The lowest BCUT2D eigenvalue weighted by Gasteiger charge is -2.05. The standard InChI is InChI=1S/C11H15NOS/c13-10(9-3-1-2-4-9)5-6-11-12-7-8-14-11/h7-9H,1-6H2. The SMILES string of the molecule is O=C(CCc1nccs1)C1CCCC1. The van der Waals surface area contributed by atoms with Gasteiger partial charge in [0.2, 0.25) is 0 Å². The van der Waals surface area contributed by atoms with Crippen LogP contribution in [0.3, 0.4) is 0 Å². The molecule has 0 N–H and O–H groups in total. The summed E-state index contributed by atoms with van der Waals surface area (Å²) in [6.07, 6.45) is 8.07. The summed E-state index contributed by atoms with van der Waals surface area (Å²) >= 11 is 1.64. The van der Waals surface area contributed by atoms with E-state index in [4.69, 9.17) is 0 Å². The number of nitrogens with zero attached hydrogens (tertiary/aromatic N) is 1. The van der Waals surface area contributed by atoms with Crippen molar-refractivity contribution < 1.29 is 4.79 Å². The predicted molar refractivity (Wildman–Crippen MR) is 57.4 cm³/mol. The van der Waals surface area contributed by atoms with Crippen LogP contribution in [0.1, 0.15) is 37.1 Å². The van der Waals surface area contributed by atoms with Gasteiger partial charge in [0.05, 0.1) is 5.01 Å². The molecule has 1 aromatic heterocycles. The maximum absolute atomic E-state index is 11.7. The first-order valence-electron chi connectivity index (χ1n) is 5.27. The maximum Gasteiger partial charge on any atom is 0.136 e. The molecule has 0 spiro atoms. The number of aryl methyl sites for hydroxylation is 1. The normalized spacial score (nSPS) is 17.4. The van der Waals surface area contributed by atoms with Gasteiger partial charge in [-0.05, 0) is 12.8 Å². The topological polar surface area (TPSA) is 30.0 Å². The van der Waals surface area contributed by atoms with Crippen LogP contribution < -0.4 is 0 Å². The van der Waals surface area contributed by atoms with Crippen LogP contribution in [0.15, 0.2) is 11.6 Å². The van der Waals surface area contributed by atoms with Gasteiger partial charge in [-0.25, -0.2) is 4.98 Å². The first kappa shape index (κ1) is 9.84. The molecular weight excluding hydrogens is 194 g/mol. The molecule has 2 rings (SSSR count). The number of hydrogen-bond donors (Lipinski definition) is 0. The van der Waals surface area contributed by atoms with Crippen LogP contribution in [0, 0.1) is 5.92 Å². The Balaban J connectivity index is 1.77. The molecule has 1 aliphatic rings. The van der Waals surface area contributed by atoms with Crippen molar-refractivity contribution in [2.24, 2.45) is 5.92 Å². The zero-order valence-electron chi connectivity index (χ0n) is 8.24. The third kappa shape index (κ3) is 2.41. The Morgan fingerprint density at radius 2 is 2.29 bits per heavy atom. The number of aromatic nitrogens is 1. The van der Waals surface area contributed by atoms with Gasteiger partial charge >= 0.3 is 0 Å².